The summed E-state index contributed by atoms with van der Waals surface area (Å²) in [6.07, 6.45) is 0.834. The molecule has 2 aromatic heterocycles. The van der Waals surface area contributed by atoms with E-state index in [9.17, 15) is 9.59 Å². The van der Waals surface area contributed by atoms with Crippen LogP contribution in [0, 0.1) is 13.8 Å². The predicted octanol–water partition coefficient (Wildman–Crippen LogP) is 4.22. The third-order valence-electron chi connectivity index (χ3n) is 4.19. The van der Waals surface area contributed by atoms with Crippen molar-refractivity contribution in [3.63, 3.8) is 0 Å². The van der Waals surface area contributed by atoms with Crippen LogP contribution in [-0.2, 0) is 11.3 Å². The number of nitrogens with zero attached hydrogens (tertiary/aromatic N) is 2. The first-order valence-corrected chi connectivity index (χ1v) is 10.3. The monoisotopic (exact) mass is 387 g/mol. The maximum absolute atomic E-state index is 12.6. The van der Waals surface area contributed by atoms with Crippen LogP contribution in [0.1, 0.15) is 24.5 Å². The number of anilines is 1. The Balaban J connectivity index is 1.78. The highest BCUT2D eigenvalue weighted by atomic mass is 32.2. The number of nitrogens with one attached hydrogen (secondary N) is 1. The number of hydrogen-bond donors (Lipinski definition) is 1. The van der Waals surface area contributed by atoms with Gasteiger partial charge in [0.25, 0.3) is 5.56 Å². The maximum atomic E-state index is 12.6. The Morgan fingerprint density at radius 2 is 2.12 bits per heavy atom. The van der Waals surface area contributed by atoms with Crippen molar-refractivity contribution < 1.29 is 4.79 Å². The summed E-state index contributed by atoms with van der Waals surface area (Å²) in [5.41, 5.74) is 3.69. The Kier molecular flexibility index (Phi) is 5.78. The van der Waals surface area contributed by atoms with Crippen LogP contribution < -0.4 is 10.9 Å². The molecule has 0 saturated heterocycles. The van der Waals surface area contributed by atoms with Crippen molar-refractivity contribution in [3.8, 4) is 0 Å². The summed E-state index contributed by atoms with van der Waals surface area (Å²) in [7, 11) is 0. The smallest absolute Gasteiger partial charge is 0.272 e. The number of carbonyl (C=O) groups is 1. The molecule has 1 amide bonds. The minimum atomic E-state index is -0.105. The van der Waals surface area contributed by atoms with Crippen LogP contribution in [0.4, 0.5) is 5.69 Å². The average molecular weight is 388 g/mol. The van der Waals surface area contributed by atoms with Crippen LogP contribution in [-0.4, -0.2) is 21.2 Å². The van der Waals surface area contributed by atoms with Crippen LogP contribution in [0.2, 0.25) is 0 Å². The number of hydrogen-bond acceptors (Lipinski definition) is 5. The van der Waals surface area contributed by atoms with Gasteiger partial charge in [0.1, 0.15) is 4.70 Å². The summed E-state index contributed by atoms with van der Waals surface area (Å²) in [6.45, 7) is 6.62. The molecule has 7 heteroatoms. The number of fused-ring (bicyclic) bond motifs is 1. The molecule has 0 unspecified atom stereocenters. The largest absolute Gasteiger partial charge is 0.325 e. The molecule has 1 N–H and O–H groups in total. The highest BCUT2D eigenvalue weighted by molar-refractivity contribution is 7.99. The van der Waals surface area contributed by atoms with Gasteiger partial charge in [0, 0.05) is 12.2 Å². The van der Waals surface area contributed by atoms with Crippen molar-refractivity contribution in [2.75, 3.05) is 11.1 Å². The molecule has 3 aromatic rings. The van der Waals surface area contributed by atoms with Gasteiger partial charge < -0.3 is 5.32 Å². The number of thioether (sulfide) groups is 1. The van der Waals surface area contributed by atoms with Crippen molar-refractivity contribution in [2.45, 2.75) is 38.9 Å². The second-order valence-electron chi connectivity index (χ2n) is 6.07. The van der Waals surface area contributed by atoms with Gasteiger partial charge in [0.15, 0.2) is 5.16 Å². The van der Waals surface area contributed by atoms with Gasteiger partial charge in [-0.3, -0.25) is 14.2 Å². The fourth-order valence-corrected chi connectivity index (χ4v) is 4.26. The molecule has 1 aromatic carbocycles. The molecule has 136 valence electrons. The van der Waals surface area contributed by atoms with Gasteiger partial charge in [-0.25, -0.2) is 4.98 Å². The summed E-state index contributed by atoms with van der Waals surface area (Å²) >= 11 is 2.71. The van der Waals surface area contributed by atoms with E-state index in [1.165, 1.54) is 23.1 Å². The molecular formula is C19H21N3O2S2. The molecule has 0 aliphatic rings. The molecule has 3 rings (SSSR count). The van der Waals surface area contributed by atoms with Gasteiger partial charge in [-0.1, -0.05) is 30.8 Å². The van der Waals surface area contributed by atoms with Gasteiger partial charge >= 0.3 is 0 Å². The van der Waals surface area contributed by atoms with Gasteiger partial charge in [-0.2, -0.15) is 0 Å². The highest BCUT2D eigenvalue weighted by Gasteiger charge is 2.14. The fraction of sp³-hybridized carbons (Fsp3) is 0.316. The van der Waals surface area contributed by atoms with Gasteiger partial charge in [-0.15, -0.1) is 11.3 Å². The Morgan fingerprint density at radius 3 is 2.88 bits per heavy atom. The Labute approximate surface area is 160 Å². The summed E-state index contributed by atoms with van der Waals surface area (Å²) in [5.74, 6) is 0.102. The molecule has 0 aliphatic carbocycles. The molecule has 26 heavy (non-hydrogen) atoms. The first-order chi connectivity index (χ1) is 12.5. The molecule has 0 spiro atoms. The van der Waals surface area contributed by atoms with Crippen molar-refractivity contribution in [1.82, 2.24) is 9.55 Å². The minimum Gasteiger partial charge on any atom is -0.325 e. The maximum Gasteiger partial charge on any atom is 0.272 e. The lowest BCUT2D eigenvalue weighted by molar-refractivity contribution is -0.113. The predicted molar refractivity (Wildman–Crippen MR) is 109 cm³/mol. The molecular weight excluding hydrogens is 366 g/mol. The molecule has 2 heterocycles. The normalized spacial score (nSPS) is 11.0. The molecule has 0 saturated carbocycles. The quantitative estimate of drug-likeness (QED) is 0.508. The third-order valence-corrected chi connectivity index (χ3v) is 6.06. The molecule has 5 nitrogen and oxygen atoms in total. The van der Waals surface area contributed by atoms with Crippen molar-refractivity contribution in [1.29, 1.82) is 0 Å². The van der Waals surface area contributed by atoms with E-state index in [0.29, 0.717) is 21.9 Å². The van der Waals surface area contributed by atoms with E-state index >= 15 is 0 Å². The average Bonchev–Trinajstić information content (AvgIpc) is 3.09. The van der Waals surface area contributed by atoms with Crippen LogP contribution in [0.3, 0.4) is 0 Å². The fourth-order valence-electron chi connectivity index (χ4n) is 2.66. The number of thiophene rings is 1. The lowest BCUT2D eigenvalue weighted by atomic mass is 10.1. The Hall–Kier alpha value is -2.12. The molecule has 0 aliphatic heterocycles. The number of aryl methyl sites for hydroxylation is 1. The molecule has 0 atom stereocenters. The van der Waals surface area contributed by atoms with Crippen LogP contribution in [0.25, 0.3) is 10.2 Å². The zero-order valence-corrected chi connectivity index (χ0v) is 16.7. The lowest BCUT2D eigenvalue weighted by Crippen LogP contribution is -2.23. The van der Waals surface area contributed by atoms with Gasteiger partial charge in [0.05, 0.1) is 11.3 Å². The Bertz CT molecular complexity index is 1010. The van der Waals surface area contributed by atoms with E-state index in [0.717, 1.165) is 23.2 Å². The topological polar surface area (TPSA) is 64.0 Å². The van der Waals surface area contributed by atoms with E-state index in [1.807, 2.05) is 50.4 Å². The second kappa shape index (κ2) is 8.05. The number of benzene rings is 1. The Morgan fingerprint density at radius 1 is 1.31 bits per heavy atom. The lowest BCUT2D eigenvalue weighted by Gasteiger charge is -2.12. The standard InChI is InChI=1S/C19H21N3O2S2/c1-4-9-22-18(24)17-15(8-10-25-17)21-19(22)26-11-16(23)20-14-7-5-6-12(2)13(14)3/h5-8,10H,4,9,11H2,1-3H3,(H,20,23). The van der Waals surface area contributed by atoms with Crippen LogP contribution in [0.15, 0.2) is 39.6 Å². The van der Waals surface area contributed by atoms with E-state index in [1.54, 1.807) is 4.57 Å². The van der Waals surface area contributed by atoms with Gasteiger partial charge in [-0.05, 0) is 48.9 Å². The van der Waals surface area contributed by atoms with Crippen LogP contribution in [0.5, 0.6) is 0 Å². The number of carbonyl (C=O) groups excluding carboxylic acids is 1. The minimum absolute atomic E-state index is 0.0238. The first-order valence-electron chi connectivity index (χ1n) is 8.48. The summed E-state index contributed by atoms with van der Waals surface area (Å²) in [6, 6.07) is 7.69. The molecule has 0 fully saturated rings. The summed E-state index contributed by atoms with van der Waals surface area (Å²) in [4.78, 5) is 29.6. The SMILES string of the molecule is CCCn1c(SCC(=O)Nc2cccc(C)c2C)nc2ccsc2c1=O. The van der Waals surface area contributed by atoms with E-state index in [4.69, 9.17) is 0 Å². The van der Waals surface area contributed by atoms with E-state index < -0.39 is 0 Å². The second-order valence-corrected chi connectivity index (χ2v) is 7.93. The molecule has 0 bridgehead atoms. The van der Waals surface area contributed by atoms with Crippen molar-refractivity contribution in [3.05, 3.63) is 51.1 Å². The van der Waals surface area contributed by atoms with Gasteiger partial charge in [0.2, 0.25) is 5.91 Å². The summed E-state index contributed by atoms with van der Waals surface area (Å²) in [5, 5.41) is 5.41. The van der Waals surface area contributed by atoms with Crippen LogP contribution >= 0.6 is 23.1 Å². The number of rotatable bonds is 6. The van der Waals surface area contributed by atoms with E-state index in [-0.39, 0.29) is 17.2 Å². The van der Waals surface area contributed by atoms with Crippen molar-refractivity contribution in [2.24, 2.45) is 0 Å². The zero-order chi connectivity index (χ0) is 18.7. The molecule has 0 radical (unpaired) electrons. The summed E-state index contributed by atoms with van der Waals surface area (Å²) < 4.78 is 2.34. The number of aromatic nitrogens is 2. The van der Waals surface area contributed by atoms with Crippen molar-refractivity contribution >= 4 is 44.9 Å². The third kappa shape index (κ3) is 3.83. The zero-order valence-electron chi connectivity index (χ0n) is 15.0. The highest BCUT2D eigenvalue weighted by Crippen LogP contribution is 2.22. The first kappa shape index (κ1) is 18.7. The van der Waals surface area contributed by atoms with E-state index in [2.05, 4.69) is 10.3 Å². The number of amides is 1.